The molecule has 0 saturated carbocycles. The lowest BCUT2D eigenvalue weighted by Crippen LogP contribution is -1.99. The molecule has 0 radical (unpaired) electrons. The van der Waals surface area contributed by atoms with Gasteiger partial charge in [0.25, 0.3) is 0 Å². The summed E-state index contributed by atoms with van der Waals surface area (Å²) in [6.07, 6.45) is 3.77. The molecular weight excluding hydrogens is 244 g/mol. The highest BCUT2D eigenvalue weighted by Gasteiger charge is 1.93. The second-order valence-corrected chi connectivity index (χ2v) is 4.03. The predicted octanol–water partition coefficient (Wildman–Crippen LogP) is 3.15. The van der Waals surface area contributed by atoms with Crippen LogP contribution in [0.2, 0.25) is 0 Å². The molecule has 0 aromatic heterocycles. The van der Waals surface area contributed by atoms with Gasteiger partial charge in [-0.2, -0.15) is 0 Å². The number of allylic oxidation sites excluding steroid dienone is 1. The molecule has 0 aliphatic carbocycles. The average Bonchev–Trinajstić information content (AvgIpc) is 2.37. The summed E-state index contributed by atoms with van der Waals surface area (Å²) in [5.41, 5.74) is 1.69. The number of anilines is 1. The quantitative estimate of drug-likeness (QED) is 0.383. The third kappa shape index (κ3) is 6.93. The SMILES string of the molecule is C=C(/C=C\C=N)C(C)O.CNc1ccccc1S. The molecule has 0 spiro atoms. The monoisotopic (exact) mass is 264 g/mol. The molecule has 1 aromatic carbocycles. The van der Waals surface area contributed by atoms with Crippen LogP contribution in [0.3, 0.4) is 0 Å². The Bertz CT molecular complexity index is 414. The zero-order valence-electron chi connectivity index (χ0n) is 10.7. The lowest BCUT2D eigenvalue weighted by atomic mass is 10.2. The minimum Gasteiger partial charge on any atom is -0.389 e. The van der Waals surface area contributed by atoms with Crippen LogP contribution in [-0.4, -0.2) is 24.5 Å². The fraction of sp³-hybridized carbons (Fsp3) is 0.214. The smallest absolute Gasteiger partial charge is 0.0756 e. The molecule has 0 fully saturated rings. The van der Waals surface area contributed by atoms with Crippen molar-refractivity contribution in [2.24, 2.45) is 0 Å². The number of aliphatic hydroxyl groups excluding tert-OH is 1. The molecular formula is C14H20N2OS. The molecule has 0 aliphatic rings. The Balaban J connectivity index is 0.000000321. The standard InChI is InChI=1S/C7H11NO.C7H9NS/c1-6(7(2)9)4-3-5-8;1-8-6-4-2-3-5-7(6)9/h3-5,7-9H,1H2,2H3;2-5,8-9H,1H3/b4-3-,8-5?;. The predicted molar refractivity (Wildman–Crippen MR) is 82.0 cm³/mol. The molecule has 0 heterocycles. The van der Waals surface area contributed by atoms with Crippen molar-refractivity contribution in [3.05, 3.63) is 48.6 Å². The lowest BCUT2D eigenvalue weighted by Gasteiger charge is -2.00. The van der Waals surface area contributed by atoms with Crippen molar-refractivity contribution in [2.45, 2.75) is 17.9 Å². The first kappa shape index (κ1) is 16.5. The Labute approximate surface area is 114 Å². The summed E-state index contributed by atoms with van der Waals surface area (Å²) < 4.78 is 0. The minimum atomic E-state index is -0.513. The van der Waals surface area contributed by atoms with Crippen molar-refractivity contribution in [1.29, 1.82) is 5.41 Å². The van der Waals surface area contributed by atoms with E-state index in [-0.39, 0.29) is 0 Å². The van der Waals surface area contributed by atoms with Crippen LogP contribution in [0.4, 0.5) is 5.69 Å². The number of nitrogens with one attached hydrogen (secondary N) is 2. The molecule has 1 aromatic rings. The molecule has 1 rings (SSSR count). The summed E-state index contributed by atoms with van der Waals surface area (Å²) >= 11 is 4.22. The molecule has 98 valence electrons. The van der Waals surface area contributed by atoms with Gasteiger partial charge >= 0.3 is 0 Å². The van der Waals surface area contributed by atoms with Crippen LogP contribution in [0.15, 0.2) is 53.5 Å². The van der Waals surface area contributed by atoms with Gasteiger partial charge in [0.15, 0.2) is 0 Å². The summed E-state index contributed by atoms with van der Waals surface area (Å²) in [5.74, 6) is 0. The van der Waals surface area contributed by atoms with Crippen LogP contribution >= 0.6 is 12.6 Å². The van der Waals surface area contributed by atoms with Crippen LogP contribution in [0.5, 0.6) is 0 Å². The highest BCUT2D eigenvalue weighted by Crippen LogP contribution is 2.16. The largest absolute Gasteiger partial charge is 0.389 e. The third-order valence-corrected chi connectivity index (χ3v) is 2.51. The van der Waals surface area contributed by atoms with Crippen molar-refractivity contribution in [2.75, 3.05) is 12.4 Å². The molecule has 0 aliphatic heterocycles. The molecule has 1 unspecified atom stereocenters. The molecule has 3 N–H and O–H groups in total. The van der Waals surface area contributed by atoms with Crippen molar-refractivity contribution in [3.63, 3.8) is 0 Å². The van der Waals surface area contributed by atoms with E-state index in [9.17, 15) is 0 Å². The summed E-state index contributed by atoms with van der Waals surface area (Å²) in [6.45, 7) is 5.19. The maximum atomic E-state index is 8.82. The Morgan fingerprint density at radius 3 is 2.50 bits per heavy atom. The first-order chi connectivity index (χ1) is 8.52. The first-order valence-corrected chi connectivity index (χ1v) is 5.97. The first-order valence-electron chi connectivity index (χ1n) is 5.52. The molecule has 4 heteroatoms. The molecule has 18 heavy (non-hydrogen) atoms. The van der Waals surface area contributed by atoms with Crippen LogP contribution in [-0.2, 0) is 0 Å². The topological polar surface area (TPSA) is 56.1 Å². The second kappa shape index (κ2) is 9.50. The van der Waals surface area contributed by atoms with Gasteiger partial charge in [0.05, 0.1) is 6.10 Å². The second-order valence-electron chi connectivity index (χ2n) is 3.54. The Kier molecular flexibility index (Phi) is 8.70. The average molecular weight is 264 g/mol. The minimum absolute atomic E-state index is 0.513. The maximum absolute atomic E-state index is 8.82. The highest BCUT2D eigenvalue weighted by molar-refractivity contribution is 7.80. The van der Waals surface area contributed by atoms with E-state index < -0.39 is 6.10 Å². The van der Waals surface area contributed by atoms with Crippen molar-refractivity contribution < 1.29 is 5.11 Å². The lowest BCUT2D eigenvalue weighted by molar-refractivity contribution is 0.236. The van der Waals surface area contributed by atoms with E-state index in [4.69, 9.17) is 10.5 Å². The number of para-hydroxylation sites is 1. The number of aliphatic hydroxyl groups is 1. The summed E-state index contributed by atoms with van der Waals surface area (Å²) in [5, 5.41) is 18.4. The van der Waals surface area contributed by atoms with Crippen molar-refractivity contribution in [1.82, 2.24) is 0 Å². The van der Waals surface area contributed by atoms with Crippen LogP contribution < -0.4 is 5.32 Å². The molecule has 1 atom stereocenters. The van der Waals surface area contributed by atoms with Gasteiger partial charge < -0.3 is 15.8 Å². The zero-order chi connectivity index (χ0) is 14.0. The van der Waals surface area contributed by atoms with Gasteiger partial charge in [0, 0.05) is 23.8 Å². The zero-order valence-corrected chi connectivity index (χ0v) is 11.6. The van der Waals surface area contributed by atoms with Gasteiger partial charge in [0.2, 0.25) is 0 Å². The van der Waals surface area contributed by atoms with Gasteiger partial charge in [-0.3, -0.25) is 0 Å². The van der Waals surface area contributed by atoms with E-state index in [2.05, 4.69) is 24.5 Å². The summed E-state index contributed by atoms with van der Waals surface area (Å²) in [4.78, 5) is 0.986. The number of rotatable bonds is 4. The summed E-state index contributed by atoms with van der Waals surface area (Å²) in [7, 11) is 1.88. The number of hydrogen-bond donors (Lipinski definition) is 4. The van der Waals surface area contributed by atoms with Gasteiger partial charge in [-0.15, -0.1) is 12.6 Å². The molecule has 0 amide bonds. The Morgan fingerprint density at radius 2 is 2.11 bits per heavy atom. The third-order valence-electron chi connectivity index (χ3n) is 2.12. The van der Waals surface area contributed by atoms with Crippen LogP contribution in [0.1, 0.15) is 6.92 Å². The van der Waals surface area contributed by atoms with E-state index in [1.807, 2.05) is 31.3 Å². The molecule has 0 saturated heterocycles. The summed E-state index contributed by atoms with van der Waals surface area (Å²) in [6, 6.07) is 7.88. The van der Waals surface area contributed by atoms with Gasteiger partial charge in [-0.1, -0.05) is 24.8 Å². The number of benzene rings is 1. The molecule has 0 bridgehead atoms. The van der Waals surface area contributed by atoms with Gasteiger partial charge in [-0.05, 0) is 30.7 Å². The van der Waals surface area contributed by atoms with Crippen LogP contribution in [0, 0.1) is 5.41 Å². The fourth-order valence-corrected chi connectivity index (χ4v) is 1.27. The van der Waals surface area contributed by atoms with Crippen molar-refractivity contribution in [3.8, 4) is 0 Å². The van der Waals surface area contributed by atoms with E-state index >= 15 is 0 Å². The van der Waals surface area contributed by atoms with E-state index in [0.717, 1.165) is 16.8 Å². The Hall–Kier alpha value is -1.52. The van der Waals surface area contributed by atoms with Gasteiger partial charge in [-0.25, -0.2) is 0 Å². The molecule has 3 nitrogen and oxygen atoms in total. The van der Waals surface area contributed by atoms with Gasteiger partial charge in [0.1, 0.15) is 0 Å². The normalized spacial score (nSPS) is 11.3. The number of thiol groups is 1. The Morgan fingerprint density at radius 1 is 1.50 bits per heavy atom. The van der Waals surface area contributed by atoms with E-state index in [0.29, 0.717) is 5.57 Å². The fourth-order valence-electron chi connectivity index (χ4n) is 0.996. The number of hydrogen-bond acceptors (Lipinski definition) is 4. The highest BCUT2D eigenvalue weighted by atomic mass is 32.1. The van der Waals surface area contributed by atoms with E-state index in [1.165, 1.54) is 6.08 Å². The van der Waals surface area contributed by atoms with Crippen LogP contribution in [0.25, 0.3) is 0 Å². The van der Waals surface area contributed by atoms with Crippen molar-refractivity contribution >= 4 is 24.5 Å². The van der Waals surface area contributed by atoms with E-state index in [1.54, 1.807) is 13.0 Å². The maximum Gasteiger partial charge on any atom is 0.0756 e.